The first-order chi connectivity index (χ1) is 12.2. The Morgan fingerprint density at radius 2 is 2.00 bits per heavy atom. The van der Waals surface area contributed by atoms with Crippen LogP contribution < -0.4 is 20.1 Å². The summed E-state index contributed by atoms with van der Waals surface area (Å²) in [5.41, 5.74) is 3.01. The van der Waals surface area contributed by atoms with Crippen LogP contribution in [-0.2, 0) is 11.2 Å². The average molecular weight is 354 g/mol. The summed E-state index contributed by atoms with van der Waals surface area (Å²) in [4.78, 5) is 12.9. The number of nitrogens with one attached hydrogen (secondary N) is 2. The minimum Gasteiger partial charge on any atom is -0.454 e. The number of ether oxygens (including phenoxy) is 2. The van der Waals surface area contributed by atoms with Gasteiger partial charge in [-0.05, 0) is 47.9 Å². The maximum absolute atomic E-state index is 12.2. The van der Waals surface area contributed by atoms with Gasteiger partial charge in [0.15, 0.2) is 17.0 Å². The Labute approximate surface area is 150 Å². The summed E-state index contributed by atoms with van der Waals surface area (Å²) in [7, 11) is 0. The van der Waals surface area contributed by atoms with Crippen LogP contribution in [0.25, 0.3) is 6.08 Å². The van der Waals surface area contributed by atoms with Crippen molar-refractivity contribution in [3.8, 4) is 11.5 Å². The lowest BCUT2D eigenvalue weighted by atomic mass is 10.1. The number of amides is 1. The van der Waals surface area contributed by atoms with Crippen molar-refractivity contribution in [2.75, 3.05) is 12.1 Å². The number of thioether (sulfide) groups is 1. The van der Waals surface area contributed by atoms with Gasteiger partial charge in [-0.3, -0.25) is 4.79 Å². The molecule has 0 aliphatic carbocycles. The van der Waals surface area contributed by atoms with Crippen molar-refractivity contribution in [1.82, 2.24) is 5.32 Å². The first-order valence-electron chi connectivity index (χ1n) is 8.15. The molecule has 0 aromatic heterocycles. The molecule has 2 aromatic carbocycles. The number of anilines is 1. The van der Waals surface area contributed by atoms with Gasteiger partial charge in [0.1, 0.15) is 0 Å². The summed E-state index contributed by atoms with van der Waals surface area (Å²) in [5.74, 6) is 1.37. The van der Waals surface area contributed by atoms with Crippen LogP contribution in [0, 0.1) is 0 Å². The van der Waals surface area contributed by atoms with Crippen LogP contribution in [0.2, 0.25) is 0 Å². The highest BCUT2D eigenvalue weighted by Gasteiger charge is 2.27. The molecule has 2 aromatic rings. The van der Waals surface area contributed by atoms with Gasteiger partial charge in [0.25, 0.3) is 5.91 Å². The Bertz CT molecular complexity index is 833. The smallest absolute Gasteiger partial charge is 0.260 e. The number of rotatable bonds is 4. The second-order valence-corrected chi connectivity index (χ2v) is 6.93. The quantitative estimate of drug-likeness (QED) is 0.822. The fraction of sp³-hybridized carbons (Fsp3) is 0.211. The predicted octanol–water partition coefficient (Wildman–Crippen LogP) is 3.58. The Morgan fingerprint density at radius 3 is 2.80 bits per heavy atom. The maximum Gasteiger partial charge on any atom is 0.260 e. The summed E-state index contributed by atoms with van der Waals surface area (Å²) < 4.78 is 10.7. The van der Waals surface area contributed by atoms with E-state index in [1.54, 1.807) is 0 Å². The molecule has 5 nitrogen and oxygen atoms in total. The zero-order chi connectivity index (χ0) is 17.2. The third-order valence-electron chi connectivity index (χ3n) is 4.09. The summed E-state index contributed by atoms with van der Waals surface area (Å²) in [6, 6.07) is 13.9. The van der Waals surface area contributed by atoms with E-state index < -0.39 is 0 Å². The van der Waals surface area contributed by atoms with Gasteiger partial charge in [-0.2, -0.15) is 0 Å². The number of carbonyl (C=O) groups is 1. The SMILES string of the molecule is CCc1ccc(N[C@@H]2NC(=O)/C(=C/c3ccc4c(c3)OCO4)S2)cc1. The first-order valence-corrected chi connectivity index (χ1v) is 9.03. The third kappa shape index (κ3) is 3.44. The van der Waals surface area contributed by atoms with Crippen molar-refractivity contribution in [3.05, 3.63) is 58.5 Å². The van der Waals surface area contributed by atoms with Gasteiger partial charge in [0, 0.05) is 5.69 Å². The van der Waals surface area contributed by atoms with Gasteiger partial charge in [-0.15, -0.1) is 0 Å². The van der Waals surface area contributed by atoms with Crippen molar-refractivity contribution < 1.29 is 14.3 Å². The molecular weight excluding hydrogens is 336 g/mol. The number of fused-ring (bicyclic) bond motifs is 1. The van der Waals surface area contributed by atoms with Crippen LogP contribution in [0.1, 0.15) is 18.1 Å². The molecule has 0 radical (unpaired) electrons. The summed E-state index contributed by atoms with van der Waals surface area (Å²) in [5, 5.41) is 6.27. The van der Waals surface area contributed by atoms with Crippen molar-refractivity contribution in [2.45, 2.75) is 18.8 Å². The van der Waals surface area contributed by atoms with E-state index in [-0.39, 0.29) is 18.2 Å². The molecule has 0 spiro atoms. The standard InChI is InChI=1S/C19H18N2O3S/c1-2-12-3-6-14(7-4-12)20-19-21-18(22)17(25-19)10-13-5-8-15-16(9-13)24-11-23-15/h3-10,19-20H,2,11H2,1H3,(H,21,22)/b17-10-/t19-/m1/s1. The number of hydrogen-bond acceptors (Lipinski definition) is 5. The van der Waals surface area contributed by atoms with Crippen molar-refractivity contribution in [3.63, 3.8) is 0 Å². The molecule has 0 saturated carbocycles. The molecular formula is C19H18N2O3S. The number of benzene rings is 2. The molecule has 4 rings (SSSR count). The monoisotopic (exact) mass is 354 g/mol. The summed E-state index contributed by atoms with van der Waals surface area (Å²) in [6.07, 6.45) is 2.88. The van der Waals surface area contributed by atoms with Crippen LogP contribution in [0.15, 0.2) is 47.4 Å². The molecule has 2 N–H and O–H groups in total. The van der Waals surface area contributed by atoms with Crippen LogP contribution >= 0.6 is 11.8 Å². The lowest BCUT2D eigenvalue weighted by Crippen LogP contribution is -2.30. The Hall–Kier alpha value is -2.60. The average Bonchev–Trinajstić information content (AvgIpc) is 3.22. The zero-order valence-corrected chi connectivity index (χ0v) is 14.6. The Kier molecular flexibility index (Phi) is 4.28. The van der Waals surface area contributed by atoms with Crippen LogP contribution in [0.3, 0.4) is 0 Å². The third-order valence-corrected chi connectivity index (χ3v) is 5.11. The highest BCUT2D eigenvalue weighted by Crippen LogP contribution is 2.35. The van der Waals surface area contributed by atoms with Crippen molar-refractivity contribution in [2.24, 2.45) is 0 Å². The maximum atomic E-state index is 12.2. The van der Waals surface area contributed by atoms with Crippen LogP contribution in [0.5, 0.6) is 11.5 Å². The van der Waals surface area contributed by atoms with E-state index in [0.29, 0.717) is 10.7 Å². The molecule has 1 amide bonds. The van der Waals surface area contributed by atoms with Gasteiger partial charge in [-0.1, -0.05) is 36.9 Å². The van der Waals surface area contributed by atoms with E-state index in [9.17, 15) is 4.79 Å². The number of aryl methyl sites for hydroxylation is 1. The van der Waals surface area contributed by atoms with E-state index in [4.69, 9.17) is 9.47 Å². The molecule has 1 fully saturated rings. The van der Waals surface area contributed by atoms with Crippen molar-refractivity contribution >= 4 is 29.4 Å². The lowest BCUT2D eigenvalue weighted by molar-refractivity contribution is -0.116. The first kappa shape index (κ1) is 15.9. The van der Waals surface area contributed by atoms with Gasteiger partial charge >= 0.3 is 0 Å². The Morgan fingerprint density at radius 1 is 1.20 bits per heavy atom. The predicted molar refractivity (Wildman–Crippen MR) is 99.5 cm³/mol. The van der Waals surface area contributed by atoms with E-state index in [0.717, 1.165) is 23.4 Å². The molecule has 1 atom stereocenters. The molecule has 2 aliphatic heterocycles. The van der Waals surface area contributed by atoms with E-state index in [2.05, 4.69) is 29.7 Å². The zero-order valence-electron chi connectivity index (χ0n) is 13.7. The van der Waals surface area contributed by atoms with Gasteiger partial charge in [-0.25, -0.2) is 0 Å². The van der Waals surface area contributed by atoms with Gasteiger partial charge < -0.3 is 20.1 Å². The Balaban J connectivity index is 1.46. The molecule has 25 heavy (non-hydrogen) atoms. The highest BCUT2D eigenvalue weighted by atomic mass is 32.2. The molecule has 6 heteroatoms. The number of carbonyl (C=O) groups excluding carboxylic acids is 1. The van der Waals surface area contributed by atoms with E-state index in [1.165, 1.54) is 17.3 Å². The fourth-order valence-corrected chi connectivity index (χ4v) is 3.69. The molecule has 2 heterocycles. The van der Waals surface area contributed by atoms with Gasteiger partial charge in [0.05, 0.1) is 4.91 Å². The summed E-state index contributed by atoms with van der Waals surface area (Å²) >= 11 is 1.47. The van der Waals surface area contributed by atoms with Gasteiger partial charge in [0.2, 0.25) is 6.79 Å². The van der Waals surface area contributed by atoms with Crippen LogP contribution in [0.4, 0.5) is 5.69 Å². The fourth-order valence-electron chi connectivity index (χ4n) is 2.71. The molecule has 128 valence electrons. The second-order valence-electron chi connectivity index (χ2n) is 5.79. The number of hydrogen-bond donors (Lipinski definition) is 2. The van der Waals surface area contributed by atoms with E-state index in [1.807, 2.05) is 36.4 Å². The normalized spacial score (nSPS) is 20.0. The second kappa shape index (κ2) is 6.72. The molecule has 0 bridgehead atoms. The van der Waals surface area contributed by atoms with Crippen molar-refractivity contribution in [1.29, 1.82) is 0 Å². The highest BCUT2D eigenvalue weighted by molar-refractivity contribution is 8.05. The molecule has 2 aliphatic rings. The minimum absolute atomic E-state index is 0.0784. The lowest BCUT2D eigenvalue weighted by Gasteiger charge is -2.12. The molecule has 0 unspecified atom stereocenters. The van der Waals surface area contributed by atoms with Crippen LogP contribution in [-0.4, -0.2) is 18.2 Å². The summed E-state index contributed by atoms with van der Waals surface area (Å²) in [6.45, 7) is 2.37. The minimum atomic E-state index is -0.180. The largest absolute Gasteiger partial charge is 0.454 e. The molecule has 1 saturated heterocycles. The van der Waals surface area contributed by atoms with E-state index >= 15 is 0 Å². The topological polar surface area (TPSA) is 59.6 Å².